The number of hydrogen-bond donors (Lipinski definition) is 3. The summed E-state index contributed by atoms with van der Waals surface area (Å²) >= 11 is 1.08. The fraction of sp³-hybridized carbons (Fsp3) is 0.250. The number of aromatic carboxylic acids is 1. The van der Waals surface area contributed by atoms with Gasteiger partial charge < -0.3 is 15.4 Å². The highest BCUT2D eigenvalue weighted by molar-refractivity contribution is 7.13. The second kappa shape index (κ2) is 5.23. The lowest BCUT2D eigenvalue weighted by molar-refractivity contribution is 0.0701. The third kappa shape index (κ3) is 2.82. The number of nitrogens with one attached hydrogen (secondary N) is 2. The number of hydrogen-bond acceptors (Lipinski definition) is 4. The average Bonchev–Trinajstić information content (AvgIpc) is 2.96. The number of rotatable bonds is 4. The summed E-state index contributed by atoms with van der Waals surface area (Å²) in [4.78, 5) is 30.0. The first kappa shape index (κ1) is 13.3. The molecule has 2 aromatic heterocycles. The molecule has 0 bridgehead atoms. The van der Waals surface area contributed by atoms with E-state index in [4.69, 9.17) is 5.11 Å². The van der Waals surface area contributed by atoms with Gasteiger partial charge in [-0.3, -0.25) is 4.79 Å². The summed E-state index contributed by atoms with van der Waals surface area (Å²) in [6.07, 6.45) is 1.66. The number of carbonyl (C=O) groups is 2. The highest BCUT2D eigenvalue weighted by atomic mass is 32.1. The number of carboxylic acid groups (broad SMARTS) is 1. The summed E-state index contributed by atoms with van der Waals surface area (Å²) in [5.41, 5.74) is 0.923. The van der Waals surface area contributed by atoms with Crippen molar-refractivity contribution in [1.29, 1.82) is 0 Å². The summed E-state index contributed by atoms with van der Waals surface area (Å²) in [6, 6.07) is 3.06. The lowest BCUT2D eigenvalue weighted by atomic mass is 10.3. The lowest BCUT2D eigenvalue weighted by Crippen LogP contribution is -2.26. The third-order valence-corrected chi connectivity index (χ3v) is 3.90. The molecule has 0 unspecified atom stereocenters. The molecule has 0 aliphatic heterocycles. The van der Waals surface area contributed by atoms with Gasteiger partial charge in [0.05, 0.1) is 11.7 Å². The van der Waals surface area contributed by atoms with Gasteiger partial charge in [0.2, 0.25) is 0 Å². The largest absolute Gasteiger partial charge is 0.477 e. The fourth-order valence-electron chi connectivity index (χ4n) is 1.61. The van der Waals surface area contributed by atoms with Gasteiger partial charge in [-0.1, -0.05) is 0 Å². The predicted molar refractivity (Wildman–Crippen MR) is 70.5 cm³/mol. The van der Waals surface area contributed by atoms with E-state index in [0.717, 1.165) is 11.3 Å². The minimum Gasteiger partial charge on any atom is -0.477 e. The molecular formula is C12H13N3O3S. The maximum absolute atomic E-state index is 11.8. The van der Waals surface area contributed by atoms with Crippen molar-refractivity contribution in [2.45, 2.75) is 19.9 Å². The van der Waals surface area contributed by atoms with Gasteiger partial charge in [0.25, 0.3) is 5.91 Å². The Hall–Kier alpha value is -2.15. The molecule has 2 rings (SSSR count). The standard InChI is InChI=1S/C12H13N3O3S/c1-6-9(12(17)18)19-11(15-6)7(2)14-10(16)8-4-3-5-13-8/h3-5,7,13H,1-2H3,(H,14,16)(H,17,18)/t7-/m1/s1. The second-order valence-electron chi connectivity index (χ2n) is 4.05. The third-order valence-electron chi connectivity index (χ3n) is 2.57. The minimum atomic E-state index is -0.996. The van der Waals surface area contributed by atoms with Crippen molar-refractivity contribution in [3.05, 3.63) is 39.6 Å². The molecule has 0 aromatic carbocycles. The summed E-state index contributed by atoms with van der Waals surface area (Å²) < 4.78 is 0. The van der Waals surface area contributed by atoms with Crippen LogP contribution in [0.5, 0.6) is 0 Å². The summed E-state index contributed by atoms with van der Waals surface area (Å²) in [7, 11) is 0. The summed E-state index contributed by atoms with van der Waals surface area (Å²) in [5.74, 6) is -1.24. The van der Waals surface area contributed by atoms with Gasteiger partial charge in [0, 0.05) is 6.20 Å². The topological polar surface area (TPSA) is 95.1 Å². The van der Waals surface area contributed by atoms with E-state index in [1.807, 2.05) is 0 Å². The predicted octanol–water partition coefficient (Wildman–Crippen LogP) is 1.97. The molecule has 100 valence electrons. The fourth-order valence-corrected chi connectivity index (χ4v) is 2.52. The molecule has 0 saturated carbocycles. The molecule has 0 saturated heterocycles. The number of thiazole rings is 1. The molecular weight excluding hydrogens is 266 g/mol. The molecule has 1 amide bonds. The average molecular weight is 279 g/mol. The van der Waals surface area contributed by atoms with Crippen LogP contribution in [-0.2, 0) is 0 Å². The SMILES string of the molecule is Cc1nc([C@@H](C)NC(=O)c2ccc[nH]2)sc1C(=O)O. The molecule has 6 nitrogen and oxygen atoms in total. The van der Waals surface area contributed by atoms with Crippen LogP contribution in [0.25, 0.3) is 0 Å². The van der Waals surface area contributed by atoms with Crippen LogP contribution >= 0.6 is 11.3 Å². The maximum atomic E-state index is 11.8. The first-order valence-electron chi connectivity index (χ1n) is 5.64. The molecule has 0 aliphatic rings. The van der Waals surface area contributed by atoms with Crippen molar-refractivity contribution in [2.75, 3.05) is 0 Å². The molecule has 0 aliphatic carbocycles. The van der Waals surface area contributed by atoms with E-state index in [0.29, 0.717) is 16.4 Å². The number of amides is 1. The molecule has 7 heteroatoms. The van der Waals surface area contributed by atoms with Crippen LogP contribution in [0, 0.1) is 6.92 Å². The smallest absolute Gasteiger partial charge is 0.347 e. The number of aromatic amines is 1. The molecule has 0 fully saturated rings. The van der Waals surface area contributed by atoms with Gasteiger partial charge in [-0.2, -0.15) is 0 Å². The van der Waals surface area contributed by atoms with Crippen molar-refractivity contribution in [2.24, 2.45) is 0 Å². The number of H-pyrrole nitrogens is 1. The van der Waals surface area contributed by atoms with Crippen molar-refractivity contribution in [3.63, 3.8) is 0 Å². The summed E-state index contributed by atoms with van der Waals surface area (Å²) in [6.45, 7) is 3.41. The normalized spacial score (nSPS) is 12.1. The van der Waals surface area contributed by atoms with Crippen LogP contribution in [0.1, 0.15) is 43.8 Å². The Morgan fingerprint density at radius 2 is 2.26 bits per heavy atom. The molecule has 19 heavy (non-hydrogen) atoms. The van der Waals surface area contributed by atoms with E-state index in [1.54, 1.807) is 32.2 Å². The zero-order valence-electron chi connectivity index (χ0n) is 10.4. The monoisotopic (exact) mass is 279 g/mol. The van der Waals surface area contributed by atoms with Gasteiger partial charge in [0.1, 0.15) is 15.6 Å². The number of aryl methyl sites for hydroxylation is 1. The van der Waals surface area contributed by atoms with Crippen LogP contribution in [0.15, 0.2) is 18.3 Å². The van der Waals surface area contributed by atoms with E-state index >= 15 is 0 Å². The van der Waals surface area contributed by atoms with E-state index in [2.05, 4.69) is 15.3 Å². The Morgan fingerprint density at radius 3 is 2.79 bits per heavy atom. The van der Waals surface area contributed by atoms with Gasteiger partial charge in [-0.25, -0.2) is 9.78 Å². The molecule has 2 aromatic rings. The Labute approximate surface area is 113 Å². The van der Waals surface area contributed by atoms with Crippen molar-refractivity contribution in [3.8, 4) is 0 Å². The van der Waals surface area contributed by atoms with Gasteiger partial charge in [-0.05, 0) is 26.0 Å². The van der Waals surface area contributed by atoms with E-state index in [9.17, 15) is 9.59 Å². The van der Waals surface area contributed by atoms with E-state index in [1.165, 1.54) is 0 Å². The Morgan fingerprint density at radius 1 is 1.53 bits per heavy atom. The number of carbonyl (C=O) groups excluding carboxylic acids is 1. The number of nitrogens with zero attached hydrogens (tertiary/aromatic N) is 1. The van der Waals surface area contributed by atoms with Crippen molar-refractivity contribution < 1.29 is 14.7 Å². The Kier molecular flexibility index (Phi) is 3.66. The molecule has 1 atom stereocenters. The van der Waals surface area contributed by atoms with Crippen LogP contribution in [0.4, 0.5) is 0 Å². The summed E-state index contributed by atoms with van der Waals surface area (Å²) in [5, 5.41) is 12.3. The van der Waals surface area contributed by atoms with Gasteiger partial charge in [0.15, 0.2) is 0 Å². The Bertz CT molecular complexity index is 604. The number of carboxylic acids is 1. The second-order valence-corrected chi connectivity index (χ2v) is 5.08. The first-order valence-corrected chi connectivity index (χ1v) is 6.45. The molecule has 0 radical (unpaired) electrons. The Balaban J connectivity index is 2.12. The van der Waals surface area contributed by atoms with Gasteiger partial charge >= 0.3 is 5.97 Å². The van der Waals surface area contributed by atoms with Crippen molar-refractivity contribution in [1.82, 2.24) is 15.3 Å². The van der Waals surface area contributed by atoms with Crippen molar-refractivity contribution >= 4 is 23.2 Å². The quantitative estimate of drug-likeness (QED) is 0.797. The molecule has 0 spiro atoms. The molecule has 2 heterocycles. The van der Waals surface area contributed by atoms with E-state index in [-0.39, 0.29) is 16.8 Å². The number of aromatic nitrogens is 2. The molecule has 3 N–H and O–H groups in total. The van der Waals surface area contributed by atoms with Crippen LogP contribution < -0.4 is 5.32 Å². The first-order chi connectivity index (χ1) is 8.99. The van der Waals surface area contributed by atoms with E-state index < -0.39 is 5.97 Å². The zero-order chi connectivity index (χ0) is 14.0. The van der Waals surface area contributed by atoms with Crippen LogP contribution in [0.3, 0.4) is 0 Å². The highest BCUT2D eigenvalue weighted by Gasteiger charge is 2.19. The lowest BCUT2D eigenvalue weighted by Gasteiger charge is -2.09. The highest BCUT2D eigenvalue weighted by Crippen LogP contribution is 2.23. The van der Waals surface area contributed by atoms with Gasteiger partial charge in [-0.15, -0.1) is 11.3 Å². The zero-order valence-corrected chi connectivity index (χ0v) is 11.2. The maximum Gasteiger partial charge on any atom is 0.347 e. The minimum absolute atomic E-state index is 0.205. The van der Waals surface area contributed by atoms with Crippen LogP contribution in [0.2, 0.25) is 0 Å². The van der Waals surface area contributed by atoms with Crippen LogP contribution in [-0.4, -0.2) is 27.0 Å².